The van der Waals surface area contributed by atoms with Gasteiger partial charge in [-0.15, -0.1) is 0 Å². The number of nitro benzene ring substituents is 1. The highest BCUT2D eigenvalue weighted by Crippen LogP contribution is 2.38. The summed E-state index contributed by atoms with van der Waals surface area (Å²) >= 11 is 0. The number of ether oxygens (including phenoxy) is 4. The molecule has 2 aromatic heterocycles. The summed E-state index contributed by atoms with van der Waals surface area (Å²) in [6, 6.07) is 26.5. The number of methoxy groups -OCH3 is 4. The summed E-state index contributed by atoms with van der Waals surface area (Å²) < 4.78 is 32.8. The number of nitrogens with zero attached hydrogens (tertiary/aromatic N) is 2. The average Bonchev–Trinajstić information content (AvgIpc) is 3.69. The summed E-state index contributed by atoms with van der Waals surface area (Å²) in [5.41, 5.74) is 3.65. The first-order valence-corrected chi connectivity index (χ1v) is 12.9. The number of hydrogen-bond acceptors (Lipinski definition) is 9. The highest BCUT2D eigenvalue weighted by molar-refractivity contribution is 5.90. The summed E-state index contributed by atoms with van der Waals surface area (Å²) in [6.45, 7) is 0. The molecule has 0 atom stereocenters. The van der Waals surface area contributed by atoms with Gasteiger partial charge in [0.25, 0.3) is 5.69 Å². The van der Waals surface area contributed by atoms with Gasteiger partial charge in [-0.2, -0.15) is 5.26 Å². The van der Waals surface area contributed by atoms with Crippen molar-refractivity contribution in [3.63, 3.8) is 0 Å². The molecule has 0 N–H and O–H groups in total. The van der Waals surface area contributed by atoms with Crippen LogP contribution in [0, 0.1) is 21.4 Å². The second-order valence-electron chi connectivity index (χ2n) is 9.20. The van der Waals surface area contributed by atoms with Crippen LogP contribution in [0.5, 0.6) is 23.0 Å². The summed E-state index contributed by atoms with van der Waals surface area (Å²) in [6.07, 6.45) is 0. The van der Waals surface area contributed by atoms with E-state index in [0.29, 0.717) is 45.5 Å². The molecular formula is C33H26N2O8. The zero-order valence-electron chi connectivity index (χ0n) is 23.7. The Balaban J connectivity index is 0.000000171. The lowest BCUT2D eigenvalue weighted by molar-refractivity contribution is -0.384. The van der Waals surface area contributed by atoms with Gasteiger partial charge in [0.2, 0.25) is 0 Å². The maximum absolute atomic E-state index is 10.7. The second-order valence-corrected chi connectivity index (χ2v) is 9.20. The molecule has 0 aliphatic carbocycles. The molecule has 6 aromatic rings. The molecule has 0 aliphatic heterocycles. The van der Waals surface area contributed by atoms with Gasteiger partial charge in [0.1, 0.15) is 45.7 Å². The number of rotatable bonds is 7. The van der Waals surface area contributed by atoms with E-state index in [1.165, 1.54) is 12.1 Å². The molecule has 0 unspecified atom stereocenters. The number of hydrogen-bond donors (Lipinski definition) is 0. The van der Waals surface area contributed by atoms with Gasteiger partial charge in [-0.3, -0.25) is 10.1 Å². The Hall–Kier alpha value is -5.95. The molecule has 2 heterocycles. The maximum atomic E-state index is 10.7. The summed E-state index contributed by atoms with van der Waals surface area (Å²) in [5.74, 6) is 3.99. The summed E-state index contributed by atoms with van der Waals surface area (Å²) in [7, 11) is 6.36. The number of fused-ring (bicyclic) bond motifs is 2. The maximum Gasteiger partial charge on any atom is 0.269 e. The Morgan fingerprint density at radius 3 is 1.47 bits per heavy atom. The minimum Gasteiger partial charge on any atom is -0.496 e. The van der Waals surface area contributed by atoms with Gasteiger partial charge in [0, 0.05) is 47.5 Å². The van der Waals surface area contributed by atoms with Crippen LogP contribution in [-0.4, -0.2) is 33.4 Å². The van der Waals surface area contributed by atoms with Gasteiger partial charge in [0.15, 0.2) is 0 Å². The predicted octanol–water partition coefficient (Wildman–Crippen LogP) is 8.01. The van der Waals surface area contributed by atoms with Crippen molar-refractivity contribution in [2.45, 2.75) is 0 Å². The zero-order chi connectivity index (χ0) is 30.5. The molecule has 10 heteroatoms. The Kier molecular flexibility index (Phi) is 8.16. The SMILES string of the molecule is COc1cc(OC)c2cc(-c3ccc(C#N)cc3)oc2c1.COc1cc(OC)c2cc(-c3ccc([N+](=O)[O-])cc3)oc2c1. The lowest BCUT2D eigenvalue weighted by Crippen LogP contribution is -1.86. The van der Waals surface area contributed by atoms with E-state index in [1.54, 1.807) is 64.8 Å². The standard InChI is InChI=1S/C17H13NO3.C16H13NO5/c1-19-13-7-16(20-2)14-9-15(21-17(14)8-13)12-5-3-11(10-18)4-6-12;1-20-12-7-15(21-2)13-9-14(22-16(13)8-12)10-3-5-11(6-4-10)17(18)19/h3-9H,1-2H3;3-9H,1-2H3. The fourth-order valence-electron chi connectivity index (χ4n) is 4.48. The fraction of sp³-hybridized carbons (Fsp3) is 0.121. The summed E-state index contributed by atoms with van der Waals surface area (Å²) in [4.78, 5) is 10.3. The third-order valence-electron chi connectivity index (χ3n) is 6.72. The molecule has 216 valence electrons. The van der Waals surface area contributed by atoms with E-state index in [-0.39, 0.29) is 5.69 Å². The molecule has 10 nitrogen and oxygen atoms in total. The number of benzene rings is 4. The van der Waals surface area contributed by atoms with Crippen molar-refractivity contribution < 1.29 is 32.7 Å². The van der Waals surface area contributed by atoms with Crippen LogP contribution < -0.4 is 18.9 Å². The highest BCUT2D eigenvalue weighted by Gasteiger charge is 2.14. The lowest BCUT2D eigenvalue weighted by atomic mass is 10.1. The van der Waals surface area contributed by atoms with E-state index in [1.807, 2.05) is 36.4 Å². The van der Waals surface area contributed by atoms with Gasteiger partial charge in [-0.05, 0) is 48.5 Å². The first-order chi connectivity index (χ1) is 20.9. The van der Waals surface area contributed by atoms with Crippen LogP contribution >= 0.6 is 0 Å². The van der Waals surface area contributed by atoms with Gasteiger partial charge < -0.3 is 27.8 Å². The minimum atomic E-state index is -0.434. The number of nitriles is 1. The number of furan rings is 2. The van der Waals surface area contributed by atoms with E-state index >= 15 is 0 Å². The Bertz CT molecular complexity index is 1950. The largest absolute Gasteiger partial charge is 0.496 e. The number of non-ortho nitro benzene ring substituents is 1. The molecular weight excluding hydrogens is 552 g/mol. The second kappa shape index (κ2) is 12.3. The van der Waals surface area contributed by atoms with Crippen molar-refractivity contribution >= 4 is 27.6 Å². The molecule has 0 aliphatic rings. The first kappa shape index (κ1) is 28.6. The number of nitro groups is 1. The van der Waals surface area contributed by atoms with Gasteiger partial charge in [0.05, 0.1) is 55.8 Å². The van der Waals surface area contributed by atoms with Crippen LogP contribution in [0.2, 0.25) is 0 Å². The molecule has 0 saturated carbocycles. The quantitative estimate of drug-likeness (QED) is 0.136. The van der Waals surface area contributed by atoms with E-state index in [2.05, 4.69) is 6.07 Å². The smallest absolute Gasteiger partial charge is 0.269 e. The van der Waals surface area contributed by atoms with Crippen LogP contribution in [0.4, 0.5) is 5.69 Å². The van der Waals surface area contributed by atoms with Crippen molar-refractivity contribution in [2.75, 3.05) is 28.4 Å². The van der Waals surface area contributed by atoms with Crippen LogP contribution in [0.15, 0.2) is 93.8 Å². The first-order valence-electron chi connectivity index (χ1n) is 12.9. The molecule has 0 radical (unpaired) electrons. The van der Waals surface area contributed by atoms with Crippen LogP contribution in [0.3, 0.4) is 0 Å². The van der Waals surface area contributed by atoms with Crippen molar-refractivity contribution in [3.05, 3.63) is 101 Å². The van der Waals surface area contributed by atoms with E-state index in [9.17, 15) is 10.1 Å². The van der Waals surface area contributed by atoms with Crippen molar-refractivity contribution in [3.8, 4) is 51.7 Å². The fourth-order valence-corrected chi connectivity index (χ4v) is 4.48. The molecule has 4 aromatic carbocycles. The van der Waals surface area contributed by atoms with Crippen molar-refractivity contribution in [2.24, 2.45) is 0 Å². The molecule has 0 bridgehead atoms. The van der Waals surface area contributed by atoms with E-state index in [4.69, 9.17) is 33.0 Å². The van der Waals surface area contributed by atoms with E-state index in [0.717, 1.165) is 27.7 Å². The van der Waals surface area contributed by atoms with Gasteiger partial charge in [-0.25, -0.2) is 0 Å². The van der Waals surface area contributed by atoms with Crippen LogP contribution in [-0.2, 0) is 0 Å². The molecule has 6 rings (SSSR count). The van der Waals surface area contributed by atoms with Crippen molar-refractivity contribution in [1.29, 1.82) is 5.26 Å². The van der Waals surface area contributed by atoms with E-state index < -0.39 is 4.92 Å². The topological polar surface area (TPSA) is 130 Å². The molecule has 0 amide bonds. The average molecular weight is 579 g/mol. The third-order valence-corrected chi connectivity index (χ3v) is 6.72. The van der Waals surface area contributed by atoms with Gasteiger partial charge >= 0.3 is 0 Å². The molecule has 43 heavy (non-hydrogen) atoms. The normalized spacial score (nSPS) is 10.5. The monoisotopic (exact) mass is 578 g/mol. The Morgan fingerprint density at radius 2 is 1.09 bits per heavy atom. The Labute approximate surface area is 246 Å². The molecule has 0 saturated heterocycles. The molecule has 0 fully saturated rings. The predicted molar refractivity (Wildman–Crippen MR) is 161 cm³/mol. The van der Waals surface area contributed by atoms with Crippen LogP contribution in [0.1, 0.15) is 5.56 Å². The van der Waals surface area contributed by atoms with Gasteiger partial charge in [-0.1, -0.05) is 0 Å². The lowest BCUT2D eigenvalue weighted by Gasteiger charge is -2.04. The third kappa shape index (κ3) is 5.92. The van der Waals surface area contributed by atoms with Crippen molar-refractivity contribution in [1.82, 2.24) is 0 Å². The zero-order valence-corrected chi connectivity index (χ0v) is 23.7. The highest BCUT2D eigenvalue weighted by atomic mass is 16.6. The minimum absolute atomic E-state index is 0.0408. The Morgan fingerprint density at radius 1 is 0.651 bits per heavy atom. The molecule has 0 spiro atoms. The summed E-state index contributed by atoms with van der Waals surface area (Å²) in [5, 5.41) is 21.2. The van der Waals surface area contributed by atoms with Crippen LogP contribution in [0.25, 0.3) is 44.6 Å².